The van der Waals surface area contributed by atoms with Gasteiger partial charge in [0.2, 0.25) is 0 Å². The summed E-state index contributed by atoms with van der Waals surface area (Å²) in [6, 6.07) is 11.8. The van der Waals surface area contributed by atoms with Crippen molar-refractivity contribution < 1.29 is 9.53 Å². The lowest BCUT2D eigenvalue weighted by atomic mass is 10.2. The van der Waals surface area contributed by atoms with E-state index in [0.717, 1.165) is 0 Å². The summed E-state index contributed by atoms with van der Waals surface area (Å²) in [5, 5.41) is 10.2. The number of aromatic amines is 1. The molecule has 0 aliphatic heterocycles. The molecule has 4 rings (SSSR count). The first-order valence-corrected chi connectivity index (χ1v) is 7.97. The number of rotatable bonds is 3. The Kier molecular flexibility index (Phi) is 3.81. The summed E-state index contributed by atoms with van der Waals surface area (Å²) in [5.74, 6) is -0.0145. The van der Waals surface area contributed by atoms with Crippen molar-refractivity contribution in [3.8, 4) is 5.75 Å². The van der Waals surface area contributed by atoms with Crippen molar-refractivity contribution in [3.05, 3.63) is 63.5 Å². The highest BCUT2D eigenvalue weighted by atomic mass is 35.5. The number of nitrogens with zero attached hydrogens (tertiary/aromatic N) is 3. The number of para-hydroxylation sites is 2. The number of halogens is 1. The van der Waals surface area contributed by atoms with Crippen LogP contribution in [0.5, 0.6) is 5.75 Å². The van der Waals surface area contributed by atoms with Crippen LogP contribution in [-0.2, 0) is 0 Å². The predicted octanol–water partition coefficient (Wildman–Crippen LogP) is 2.49. The fourth-order valence-corrected chi connectivity index (χ4v) is 2.86. The Bertz CT molecular complexity index is 1210. The predicted molar refractivity (Wildman–Crippen MR) is 97.1 cm³/mol. The van der Waals surface area contributed by atoms with Crippen molar-refractivity contribution in [1.29, 1.82) is 0 Å². The molecule has 130 valence electrons. The Hall–Kier alpha value is -3.39. The number of amides is 1. The highest BCUT2D eigenvalue weighted by molar-refractivity contribution is 6.31. The number of methoxy groups -OCH3 is 1. The van der Waals surface area contributed by atoms with E-state index in [0.29, 0.717) is 27.4 Å². The quantitative estimate of drug-likeness (QED) is 0.577. The Balaban J connectivity index is 1.82. The Morgan fingerprint density at radius 1 is 1.27 bits per heavy atom. The lowest BCUT2D eigenvalue weighted by molar-refractivity contribution is 0.102. The van der Waals surface area contributed by atoms with Gasteiger partial charge in [0.15, 0.2) is 11.3 Å². The number of aromatic nitrogens is 4. The van der Waals surface area contributed by atoms with Gasteiger partial charge in [-0.2, -0.15) is 4.98 Å². The fourth-order valence-electron chi connectivity index (χ4n) is 2.69. The molecule has 0 radical (unpaired) electrons. The van der Waals surface area contributed by atoms with Gasteiger partial charge in [-0.25, -0.2) is 9.73 Å². The molecule has 0 saturated heterocycles. The van der Waals surface area contributed by atoms with Crippen LogP contribution in [0.15, 0.2) is 47.3 Å². The molecule has 0 spiro atoms. The third-order valence-corrected chi connectivity index (χ3v) is 4.13. The van der Waals surface area contributed by atoms with Crippen LogP contribution >= 0.6 is 11.6 Å². The van der Waals surface area contributed by atoms with E-state index in [1.54, 1.807) is 36.4 Å². The molecule has 1 amide bonds. The van der Waals surface area contributed by atoms with E-state index >= 15 is 0 Å². The summed E-state index contributed by atoms with van der Waals surface area (Å²) >= 11 is 5.94. The number of benzene rings is 2. The number of hydrogen-bond acceptors (Lipinski definition) is 5. The highest BCUT2D eigenvalue weighted by Crippen LogP contribution is 2.24. The van der Waals surface area contributed by atoms with E-state index in [2.05, 4.69) is 20.6 Å². The summed E-state index contributed by atoms with van der Waals surface area (Å²) in [6.07, 6.45) is 0. The normalized spacial score (nSPS) is 11.0. The van der Waals surface area contributed by atoms with Crippen LogP contribution in [0, 0.1) is 0 Å². The maximum atomic E-state index is 12.6. The minimum atomic E-state index is -0.520. The van der Waals surface area contributed by atoms with Crippen LogP contribution in [0.4, 0.5) is 5.69 Å². The van der Waals surface area contributed by atoms with Gasteiger partial charge in [0.05, 0.1) is 23.7 Å². The van der Waals surface area contributed by atoms with Gasteiger partial charge in [-0.1, -0.05) is 23.7 Å². The van der Waals surface area contributed by atoms with Crippen LogP contribution in [-0.4, -0.2) is 32.8 Å². The third kappa shape index (κ3) is 2.56. The van der Waals surface area contributed by atoms with Gasteiger partial charge >= 0.3 is 0 Å². The topological polar surface area (TPSA) is 101 Å². The molecule has 26 heavy (non-hydrogen) atoms. The lowest BCUT2D eigenvalue weighted by Gasteiger charge is -2.08. The second-order valence-corrected chi connectivity index (χ2v) is 5.89. The minimum Gasteiger partial charge on any atom is -0.495 e. The molecule has 2 heterocycles. The number of H-pyrrole nitrogens is 1. The van der Waals surface area contributed by atoms with Crippen LogP contribution in [0.1, 0.15) is 10.5 Å². The zero-order chi connectivity index (χ0) is 18.3. The van der Waals surface area contributed by atoms with E-state index in [4.69, 9.17) is 16.3 Å². The smallest absolute Gasteiger partial charge is 0.281 e. The highest BCUT2D eigenvalue weighted by Gasteiger charge is 2.19. The van der Waals surface area contributed by atoms with Crippen LogP contribution in [0.3, 0.4) is 0 Å². The lowest BCUT2D eigenvalue weighted by Crippen LogP contribution is -2.16. The number of anilines is 1. The maximum Gasteiger partial charge on any atom is 0.281 e. The van der Waals surface area contributed by atoms with E-state index in [-0.39, 0.29) is 11.3 Å². The standard InChI is InChI=1S/C17H12ClN5O3/c1-26-13-5-3-2-4-11(13)19-17(25)14-15-20-16(24)10-8-9(18)6-7-12(10)23(15)22-21-14/h2-8,22H,1H3,(H,19,25). The largest absolute Gasteiger partial charge is 0.495 e. The van der Waals surface area contributed by atoms with Gasteiger partial charge in [0, 0.05) is 5.02 Å². The van der Waals surface area contributed by atoms with Gasteiger partial charge in [-0.05, 0) is 30.3 Å². The molecule has 2 aromatic heterocycles. The van der Waals surface area contributed by atoms with Crippen molar-refractivity contribution in [2.24, 2.45) is 0 Å². The van der Waals surface area contributed by atoms with Crippen molar-refractivity contribution in [2.75, 3.05) is 12.4 Å². The molecule has 2 aromatic carbocycles. The average molecular weight is 370 g/mol. The summed E-state index contributed by atoms with van der Waals surface area (Å²) in [6.45, 7) is 0. The molecule has 0 aliphatic carbocycles. The maximum absolute atomic E-state index is 12.6. The van der Waals surface area contributed by atoms with E-state index in [1.165, 1.54) is 17.7 Å². The number of carbonyl (C=O) groups excluding carboxylic acids is 1. The van der Waals surface area contributed by atoms with Crippen LogP contribution in [0.25, 0.3) is 16.6 Å². The van der Waals surface area contributed by atoms with E-state index in [9.17, 15) is 9.59 Å². The Morgan fingerprint density at radius 2 is 2.08 bits per heavy atom. The van der Waals surface area contributed by atoms with Gasteiger partial charge < -0.3 is 10.1 Å². The Labute approximate surface area is 151 Å². The van der Waals surface area contributed by atoms with Crippen molar-refractivity contribution >= 4 is 39.7 Å². The van der Waals surface area contributed by atoms with Crippen molar-refractivity contribution in [3.63, 3.8) is 0 Å². The molecule has 0 saturated carbocycles. The van der Waals surface area contributed by atoms with Crippen molar-refractivity contribution in [1.82, 2.24) is 19.8 Å². The summed E-state index contributed by atoms with van der Waals surface area (Å²) in [4.78, 5) is 28.9. The molecule has 0 aliphatic rings. The Morgan fingerprint density at radius 3 is 2.88 bits per heavy atom. The molecule has 0 fully saturated rings. The number of nitrogens with one attached hydrogen (secondary N) is 2. The van der Waals surface area contributed by atoms with Gasteiger partial charge in [0.25, 0.3) is 11.5 Å². The summed E-state index contributed by atoms with van der Waals surface area (Å²) in [5.41, 5.74) is 0.627. The molecule has 0 bridgehead atoms. The monoisotopic (exact) mass is 369 g/mol. The number of fused-ring (bicyclic) bond motifs is 3. The van der Waals surface area contributed by atoms with E-state index < -0.39 is 11.5 Å². The molecular formula is C17H12ClN5O3. The summed E-state index contributed by atoms with van der Waals surface area (Å²) < 4.78 is 6.68. The SMILES string of the molecule is COc1ccccc1NC(=O)c1n[nH]n2c1nc(=O)c1cc(Cl)ccc12. The molecular weight excluding hydrogens is 358 g/mol. The zero-order valence-corrected chi connectivity index (χ0v) is 14.2. The fraction of sp³-hybridized carbons (Fsp3) is 0.0588. The molecule has 4 aromatic rings. The molecule has 2 N–H and O–H groups in total. The van der Waals surface area contributed by atoms with Gasteiger partial charge in [-0.3, -0.25) is 9.59 Å². The molecule has 0 atom stereocenters. The molecule has 9 heteroatoms. The first kappa shape index (κ1) is 16.1. The zero-order valence-electron chi connectivity index (χ0n) is 13.5. The number of ether oxygens (including phenoxy) is 1. The first-order chi connectivity index (χ1) is 12.6. The third-order valence-electron chi connectivity index (χ3n) is 3.89. The molecule has 0 unspecified atom stereocenters. The second kappa shape index (κ2) is 6.16. The minimum absolute atomic E-state index is 0.00939. The van der Waals surface area contributed by atoms with Gasteiger partial charge in [0.1, 0.15) is 5.75 Å². The second-order valence-electron chi connectivity index (χ2n) is 5.45. The number of hydrogen-bond donors (Lipinski definition) is 2. The first-order valence-electron chi connectivity index (χ1n) is 7.59. The summed E-state index contributed by atoms with van der Waals surface area (Å²) in [7, 11) is 1.51. The molecule has 8 nitrogen and oxygen atoms in total. The van der Waals surface area contributed by atoms with Crippen LogP contribution in [0.2, 0.25) is 5.02 Å². The van der Waals surface area contributed by atoms with Crippen LogP contribution < -0.4 is 15.6 Å². The van der Waals surface area contributed by atoms with E-state index in [1.807, 2.05) is 0 Å². The number of carbonyl (C=O) groups is 1. The van der Waals surface area contributed by atoms with Crippen molar-refractivity contribution in [2.45, 2.75) is 0 Å². The van der Waals surface area contributed by atoms with Gasteiger partial charge in [-0.15, -0.1) is 5.10 Å². The average Bonchev–Trinajstić information content (AvgIpc) is 3.06.